The minimum absolute atomic E-state index is 0.0912. The van der Waals surface area contributed by atoms with Gasteiger partial charge >= 0.3 is 0 Å². The summed E-state index contributed by atoms with van der Waals surface area (Å²) >= 11 is 0. The van der Waals surface area contributed by atoms with Crippen LogP contribution in [-0.2, 0) is 25.2 Å². The van der Waals surface area contributed by atoms with Crippen LogP contribution in [0.4, 0.5) is 15.8 Å². The van der Waals surface area contributed by atoms with Crippen molar-refractivity contribution in [3.8, 4) is 0 Å². The average Bonchev–Trinajstić information content (AvgIpc) is 2.83. The molecule has 1 aliphatic rings. The first-order valence-corrected chi connectivity index (χ1v) is 13.7. The topological polar surface area (TPSA) is 95.6 Å². The molecule has 3 rings (SSSR count). The second-order valence-electron chi connectivity index (χ2n) is 9.29. The van der Waals surface area contributed by atoms with Crippen molar-refractivity contribution in [2.75, 3.05) is 21.7 Å². The number of hydrogen-bond donors (Lipinski definition) is 2. The number of carbonyl (C=O) groups is 3. The van der Waals surface area contributed by atoms with Gasteiger partial charge in [0.05, 0.1) is 0 Å². The van der Waals surface area contributed by atoms with E-state index in [0.29, 0.717) is 11.4 Å². The smallest absolute Gasteiger partial charge is 0.243 e. The lowest BCUT2D eigenvalue weighted by Crippen LogP contribution is -2.52. The molecular weight excluding hydrogens is 481 g/mol. The molecule has 9 heteroatoms. The number of amides is 3. The largest absolute Gasteiger partial charge is 0.352 e. The lowest BCUT2D eigenvalue weighted by molar-refractivity contribution is -0.126. The number of nitrogens with one attached hydrogen (secondary N) is 2. The summed E-state index contributed by atoms with van der Waals surface area (Å²) in [5.41, 5.74) is 2.77. The Labute approximate surface area is 214 Å². The van der Waals surface area contributed by atoms with Gasteiger partial charge < -0.3 is 10.6 Å². The van der Waals surface area contributed by atoms with Crippen LogP contribution in [0.1, 0.15) is 50.2 Å². The highest BCUT2D eigenvalue weighted by Crippen LogP contribution is 2.26. The van der Waals surface area contributed by atoms with E-state index in [1.165, 1.54) is 29.2 Å². The zero-order valence-corrected chi connectivity index (χ0v) is 21.8. The SMILES string of the molecule is Cc1cccc(N(C(=O)C[S@@](=O)CC(=O)Nc2ccc(F)cc2)[C@H](C)C(=O)NC2CCCCC2)c1C. The molecule has 0 radical (unpaired) electrons. The maximum absolute atomic E-state index is 13.4. The van der Waals surface area contributed by atoms with Gasteiger partial charge in [-0.1, -0.05) is 31.4 Å². The molecule has 3 amide bonds. The summed E-state index contributed by atoms with van der Waals surface area (Å²) < 4.78 is 25.8. The van der Waals surface area contributed by atoms with E-state index in [0.717, 1.165) is 43.2 Å². The third kappa shape index (κ3) is 7.46. The van der Waals surface area contributed by atoms with Gasteiger partial charge in [-0.25, -0.2) is 4.39 Å². The molecule has 0 heterocycles. The number of rotatable bonds is 9. The predicted molar refractivity (Wildman–Crippen MR) is 141 cm³/mol. The van der Waals surface area contributed by atoms with Crippen molar-refractivity contribution in [2.45, 2.75) is 65.0 Å². The monoisotopic (exact) mass is 515 g/mol. The summed E-state index contributed by atoms with van der Waals surface area (Å²) in [7, 11) is -1.81. The quantitative estimate of drug-likeness (QED) is 0.528. The Morgan fingerprint density at radius 1 is 1.03 bits per heavy atom. The van der Waals surface area contributed by atoms with Crippen LogP contribution < -0.4 is 15.5 Å². The number of halogens is 1. The minimum atomic E-state index is -1.81. The van der Waals surface area contributed by atoms with Crippen LogP contribution in [0.15, 0.2) is 42.5 Å². The first kappa shape index (κ1) is 27.5. The normalized spacial score (nSPS) is 15.6. The highest BCUT2D eigenvalue weighted by molar-refractivity contribution is 7.86. The number of aryl methyl sites for hydroxylation is 1. The third-order valence-electron chi connectivity index (χ3n) is 6.53. The molecule has 2 N–H and O–H groups in total. The first-order valence-electron chi connectivity index (χ1n) is 12.2. The molecule has 0 bridgehead atoms. The van der Waals surface area contributed by atoms with Crippen LogP contribution in [0.2, 0.25) is 0 Å². The van der Waals surface area contributed by atoms with Gasteiger partial charge in [0.2, 0.25) is 17.7 Å². The van der Waals surface area contributed by atoms with E-state index in [4.69, 9.17) is 0 Å². The van der Waals surface area contributed by atoms with E-state index in [-0.39, 0.29) is 11.9 Å². The number of hydrogen-bond acceptors (Lipinski definition) is 4. The van der Waals surface area contributed by atoms with Crippen LogP contribution in [0.3, 0.4) is 0 Å². The summed E-state index contributed by atoms with van der Waals surface area (Å²) in [6, 6.07) is 10.00. The molecule has 1 saturated carbocycles. The Morgan fingerprint density at radius 2 is 1.69 bits per heavy atom. The van der Waals surface area contributed by atoms with Crippen molar-refractivity contribution < 1.29 is 23.0 Å². The number of benzene rings is 2. The Hall–Kier alpha value is -3.07. The van der Waals surface area contributed by atoms with Gasteiger partial charge in [0.1, 0.15) is 23.4 Å². The van der Waals surface area contributed by atoms with Gasteiger partial charge in [0.15, 0.2) is 0 Å². The minimum Gasteiger partial charge on any atom is -0.352 e. The second kappa shape index (κ2) is 12.8. The fraction of sp³-hybridized carbons (Fsp3) is 0.444. The van der Waals surface area contributed by atoms with Gasteiger partial charge in [0, 0.05) is 28.2 Å². The zero-order chi connectivity index (χ0) is 26.2. The molecule has 2 atom stereocenters. The highest BCUT2D eigenvalue weighted by Gasteiger charge is 2.31. The molecule has 0 spiro atoms. The van der Waals surface area contributed by atoms with E-state index in [2.05, 4.69) is 10.6 Å². The summed E-state index contributed by atoms with van der Waals surface area (Å²) in [5, 5.41) is 5.62. The Morgan fingerprint density at radius 3 is 2.36 bits per heavy atom. The first-order chi connectivity index (χ1) is 17.2. The predicted octanol–water partition coefficient (Wildman–Crippen LogP) is 4.00. The van der Waals surface area contributed by atoms with Crippen molar-refractivity contribution in [2.24, 2.45) is 0 Å². The molecule has 0 aliphatic heterocycles. The fourth-order valence-corrected chi connectivity index (χ4v) is 5.26. The van der Waals surface area contributed by atoms with Crippen LogP contribution in [0.5, 0.6) is 0 Å². The van der Waals surface area contributed by atoms with Crippen molar-refractivity contribution in [1.29, 1.82) is 0 Å². The van der Waals surface area contributed by atoms with E-state index in [1.54, 1.807) is 13.0 Å². The van der Waals surface area contributed by atoms with Gasteiger partial charge in [-0.2, -0.15) is 0 Å². The molecule has 0 unspecified atom stereocenters. The number of carbonyl (C=O) groups excluding carboxylic acids is 3. The van der Waals surface area contributed by atoms with E-state index in [9.17, 15) is 23.0 Å². The maximum atomic E-state index is 13.4. The molecule has 194 valence electrons. The third-order valence-corrected chi connectivity index (χ3v) is 7.68. The summed E-state index contributed by atoms with van der Waals surface area (Å²) in [4.78, 5) is 40.3. The van der Waals surface area contributed by atoms with Crippen LogP contribution >= 0.6 is 0 Å². The van der Waals surface area contributed by atoms with E-state index < -0.39 is 46.0 Å². The van der Waals surface area contributed by atoms with Gasteiger partial charge in [-0.15, -0.1) is 0 Å². The summed E-state index contributed by atoms with van der Waals surface area (Å²) in [5.74, 6) is -2.54. The van der Waals surface area contributed by atoms with Gasteiger partial charge in [-0.05, 0) is 75.1 Å². The molecule has 0 aromatic heterocycles. The Bertz CT molecular complexity index is 1120. The van der Waals surface area contributed by atoms with Gasteiger partial charge in [0.25, 0.3) is 0 Å². The molecule has 0 saturated heterocycles. The van der Waals surface area contributed by atoms with Crippen LogP contribution in [0, 0.1) is 19.7 Å². The molecule has 1 fully saturated rings. The molecular formula is C27H34FN3O4S. The fourth-order valence-electron chi connectivity index (χ4n) is 4.38. The maximum Gasteiger partial charge on any atom is 0.243 e. The average molecular weight is 516 g/mol. The van der Waals surface area contributed by atoms with E-state index in [1.807, 2.05) is 26.0 Å². The summed E-state index contributed by atoms with van der Waals surface area (Å²) in [6.07, 6.45) is 5.14. The molecule has 1 aliphatic carbocycles. The molecule has 7 nitrogen and oxygen atoms in total. The van der Waals surface area contributed by atoms with Crippen LogP contribution in [-0.4, -0.2) is 45.5 Å². The lowest BCUT2D eigenvalue weighted by Gasteiger charge is -2.32. The zero-order valence-electron chi connectivity index (χ0n) is 21.0. The van der Waals surface area contributed by atoms with Crippen molar-refractivity contribution in [1.82, 2.24) is 5.32 Å². The van der Waals surface area contributed by atoms with Crippen molar-refractivity contribution >= 4 is 39.9 Å². The van der Waals surface area contributed by atoms with Crippen molar-refractivity contribution in [3.05, 3.63) is 59.4 Å². The Kier molecular flexibility index (Phi) is 9.75. The Balaban J connectivity index is 1.72. The number of nitrogens with zero attached hydrogens (tertiary/aromatic N) is 1. The second-order valence-corrected chi connectivity index (χ2v) is 10.7. The molecule has 2 aromatic rings. The van der Waals surface area contributed by atoms with Gasteiger partial charge in [-0.3, -0.25) is 23.5 Å². The van der Waals surface area contributed by atoms with Crippen molar-refractivity contribution in [3.63, 3.8) is 0 Å². The standard InChI is InChI=1S/C27H34FN3O4S/c1-18-8-7-11-24(19(18)2)31(20(3)27(34)30-22-9-5-4-6-10-22)26(33)17-36(35)16-25(32)29-23-14-12-21(28)13-15-23/h7-8,11-15,20,22H,4-6,9-10,16-17H2,1-3H3,(H,29,32)(H,30,34)/t20-,36+/m1/s1. The lowest BCUT2D eigenvalue weighted by atomic mass is 9.95. The van der Waals surface area contributed by atoms with Crippen LogP contribution in [0.25, 0.3) is 0 Å². The van der Waals surface area contributed by atoms with E-state index >= 15 is 0 Å². The highest BCUT2D eigenvalue weighted by atomic mass is 32.2. The number of anilines is 2. The molecule has 36 heavy (non-hydrogen) atoms. The molecule has 2 aromatic carbocycles. The summed E-state index contributed by atoms with van der Waals surface area (Å²) in [6.45, 7) is 5.47.